The molecular formula is C31H39BrN2O4. The van der Waals surface area contributed by atoms with Crippen LogP contribution in [0, 0.1) is 11.3 Å². The van der Waals surface area contributed by atoms with Gasteiger partial charge in [-0.2, -0.15) is 0 Å². The van der Waals surface area contributed by atoms with E-state index < -0.39 is 11.4 Å². The molecule has 204 valence electrons. The summed E-state index contributed by atoms with van der Waals surface area (Å²) in [5.41, 5.74) is 4.17. The van der Waals surface area contributed by atoms with Crippen molar-refractivity contribution in [3.63, 3.8) is 0 Å². The van der Waals surface area contributed by atoms with Gasteiger partial charge in [0.2, 0.25) is 5.91 Å². The fourth-order valence-electron chi connectivity index (χ4n) is 6.37. The standard InChI is InChI=1S/C31H39BrN2O4/c1-20(2)22-17-23-24(18-25(22)32)30(3)12-8-13-31(4,29(36)37)27(30)19-26(23)34-38-15-9-14-33-28(35)16-21-10-6-5-7-11-21/h5-7,10-11,17-18,20,27H,8-9,12-16,19H2,1-4H3,(H,33,35)(H,36,37)/b34-26+/t27-,30-,31-/m1/s1. The summed E-state index contributed by atoms with van der Waals surface area (Å²) < 4.78 is 1.06. The number of benzene rings is 2. The minimum atomic E-state index is -0.822. The summed E-state index contributed by atoms with van der Waals surface area (Å²) in [7, 11) is 0. The third-order valence-electron chi connectivity index (χ3n) is 8.62. The van der Waals surface area contributed by atoms with Crippen LogP contribution in [0.25, 0.3) is 0 Å². The normalized spacial score (nSPS) is 25.5. The molecule has 0 unspecified atom stereocenters. The van der Waals surface area contributed by atoms with Crippen molar-refractivity contribution in [2.24, 2.45) is 16.5 Å². The van der Waals surface area contributed by atoms with E-state index in [1.54, 1.807) is 0 Å². The van der Waals surface area contributed by atoms with Crippen LogP contribution in [0.2, 0.25) is 0 Å². The van der Waals surface area contributed by atoms with Gasteiger partial charge in [0.1, 0.15) is 6.61 Å². The van der Waals surface area contributed by atoms with Crippen LogP contribution in [0.1, 0.15) is 88.0 Å². The Morgan fingerprint density at radius 3 is 2.61 bits per heavy atom. The zero-order valence-electron chi connectivity index (χ0n) is 22.9. The van der Waals surface area contributed by atoms with Gasteiger partial charge in [-0.15, -0.1) is 0 Å². The van der Waals surface area contributed by atoms with Gasteiger partial charge in [-0.3, -0.25) is 9.59 Å². The summed E-state index contributed by atoms with van der Waals surface area (Å²) in [6, 6.07) is 14.1. The maximum Gasteiger partial charge on any atom is 0.309 e. The Bertz CT molecular complexity index is 1210. The Balaban J connectivity index is 1.50. The van der Waals surface area contributed by atoms with Crippen LogP contribution in [-0.2, 0) is 26.3 Å². The molecule has 4 rings (SSSR count). The maximum atomic E-state index is 12.5. The van der Waals surface area contributed by atoms with Crippen LogP contribution >= 0.6 is 15.9 Å². The average Bonchev–Trinajstić information content (AvgIpc) is 2.87. The van der Waals surface area contributed by atoms with Crippen molar-refractivity contribution in [2.45, 2.75) is 77.6 Å². The smallest absolute Gasteiger partial charge is 0.309 e. The third kappa shape index (κ3) is 5.68. The van der Waals surface area contributed by atoms with Gasteiger partial charge in [0, 0.05) is 23.0 Å². The van der Waals surface area contributed by atoms with Gasteiger partial charge in [-0.25, -0.2) is 0 Å². The first kappa shape index (κ1) is 28.3. The summed E-state index contributed by atoms with van der Waals surface area (Å²) in [5, 5.41) is 17.8. The molecule has 2 aromatic rings. The van der Waals surface area contributed by atoms with Crippen molar-refractivity contribution < 1.29 is 19.5 Å². The zero-order chi connectivity index (χ0) is 27.5. The number of fused-ring (bicyclic) bond motifs is 3. The maximum absolute atomic E-state index is 12.5. The highest BCUT2D eigenvalue weighted by Gasteiger charge is 2.56. The molecule has 0 aliphatic heterocycles. The lowest BCUT2D eigenvalue weighted by Crippen LogP contribution is -2.53. The van der Waals surface area contributed by atoms with Gasteiger partial charge in [0.05, 0.1) is 17.5 Å². The number of hydrogen-bond acceptors (Lipinski definition) is 4. The summed E-state index contributed by atoms with van der Waals surface area (Å²) in [5.74, 6) is -0.496. The Hall–Kier alpha value is -2.67. The molecule has 2 aliphatic rings. The van der Waals surface area contributed by atoms with E-state index in [-0.39, 0.29) is 17.2 Å². The Morgan fingerprint density at radius 1 is 1.18 bits per heavy atom. The molecule has 6 nitrogen and oxygen atoms in total. The van der Waals surface area contributed by atoms with Gasteiger partial charge in [0.25, 0.3) is 0 Å². The number of carbonyl (C=O) groups is 2. The topological polar surface area (TPSA) is 88.0 Å². The third-order valence-corrected chi connectivity index (χ3v) is 9.31. The number of hydrogen-bond donors (Lipinski definition) is 2. The van der Waals surface area contributed by atoms with Crippen LogP contribution < -0.4 is 5.32 Å². The molecule has 1 amide bonds. The van der Waals surface area contributed by atoms with E-state index in [1.807, 2.05) is 37.3 Å². The minimum absolute atomic E-state index is 0.0138. The highest BCUT2D eigenvalue weighted by atomic mass is 79.9. The van der Waals surface area contributed by atoms with E-state index in [0.717, 1.165) is 39.7 Å². The molecule has 0 spiro atoms. The molecule has 0 saturated heterocycles. The number of amides is 1. The molecule has 3 atom stereocenters. The van der Waals surface area contributed by atoms with E-state index in [0.29, 0.717) is 44.8 Å². The van der Waals surface area contributed by atoms with Crippen LogP contribution in [0.15, 0.2) is 52.1 Å². The first-order chi connectivity index (χ1) is 18.1. The van der Waals surface area contributed by atoms with Crippen LogP contribution in [-0.4, -0.2) is 35.8 Å². The average molecular weight is 584 g/mol. The van der Waals surface area contributed by atoms with Crippen LogP contribution in [0.3, 0.4) is 0 Å². The lowest BCUT2D eigenvalue weighted by Gasteiger charge is -2.53. The molecule has 0 aromatic heterocycles. The number of carboxylic acids is 1. The number of aliphatic carboxylic acids is 1. The van der Waals surface area contributed by atoms with Crippen molar-refractivity contribution >= 4 is 33.5 Å². The van der Waals surface area contributed by atoms with Gasteiger partial charge in [0.15, 0.2) is 0 Å². The largest absolute Gasteiger partial charge is 0.481 e. The molecule has 1 fully saturated rings. The molecule has 0 bridgehead atoms. The summed E-state index contributed by atoms with van der Waals surface area (Å²) in [6.45, 7) is 9.35. The number of rotatable bonds is 9. The highest BCUT2D eigenvalue weighted by Crippen LogP contribution is 2.58. The van der Waals surface area contributed by atoms with E-state index in [1.165, 1.54) is 5.56 Å². The molecule has 2 aromatic carbocycles. The SMILES string of the molecule is CC(C)c1cc2c(cc1Br)[C@@]1(C)CCC[C@@](C)(C(=O)O)[C@@H]1C/C2=N\OCCCNC(=O)Cc1ccccc1. The summed E-state index contributed by atoms with van der Waals surface area (Å²) in [6.07, 6.45) is 4.07. The van der Waals surface area contributed by atoms with Gasteiger partial charge in [-0.1, -0.05) is 78.6 Å². The second-order valence-electron chi connectivity index (χ2n) is 11.6. The van der Waals surface area contributed by atoms with E-state index >= 15 is 0 Å². The molecule has 1 saturated carbocycles. The van der Waals surface area contributed by atoms with Crippen LogP contribution in [0.5, 0.6) is 0 Å². The number of halogens is 1. The van der Waals surface area contributed by atoms with Gasteiger partial charge < -0.3 is 15.3 Å². The summed E-state index contributed by atoms with van der Waals surface area (Å²) >= 11 is 3.79. The van der Waals surface area contributed by atoms with E-state index in [4.69, 9.17) is 4.84 Å². The zero-order valence-corrected chi connectivity index (χ0v) is 24.4. The fourth-order valence-corrected chi connectivity index (χ4v) is 7.17. The quantitative estimate of drug-likeness (QED) is 0.257. The lowest BCUT2D eigenvalue weighted by molar-refractivity contribution is -0.156. The molecule has 0 heterocycles. The first-order valence-corrected chi connectivity index (χ1v) is 14.4. The van der Waals surface area contributed by atoms with E-state index in [2.05, 4.69) is 59.3 Å². The second-order valence-corrected chi connectivity index (χ2v) is 12.4. The number of carboxylic acid groups (broad SMARTS) is 1. The van der Waals surface area contributed by atoms with Crippen molar-refractivity contribution in [3.8, 4) is 0 Å². The Labute approximate surface area is 234 Å². The first-order valence-electron chi connectivity index (χ1n) is 13.6. The van der Waals surface area contributed by atoms with Gasteiger partial charge in [-0.05, 0) is 72.3 Å². The molecule has 38 heavy (non-hydrogen) atoms. The second kappa shape index (κ2) is 11.6. The lowest BCUT2D eigenvalue weighted by atomic mass is 9.49. The number of nitrogens with one attached hydrogen (secondary N) is 1. The van der Waals surface area contributed by atoms with E-state index in [9.17, 15) is 14.7 Å². The molecule has 0 radical (unpaired) electrons. The van der Waals surface area contributed by atoms with Crippen molar-refractivity contribution in [1.29, 1.82) is 0 Å². The molecule has 2 aliphatic carbocycles. The predicted molar refractivity (Wildman–Crippen MR) is 154 cm³/mol. The van der Waals surface area contributed by atoms with Crippen molar-refractivity contribution in [3.05, 3.63) is 69.2 Å². The van der Waals surface area contributed by atoms with Crippen molar-refractivity contribution in [2.75, 3.05) is 13.2 Å². The number of nitrogens with zero attached hydrogens (tertiary/aromatic N) is 1. The molecular weight excluding hydrogens is 544 g/mol. The minimum Gasteiger partial charge on any atom is -0.481 e. The van der Waals surface area contributed by atoms with Gasteiger partial charge >= 0.3 is 5.97 Å². The summed E-state index contributed by atoms with van der Waals surface area (Å²) in [4.78, 5) is 30.5. The fraction of sp³-hybridized carbons (Fsp3) is 0.516. The molecule has 2 N–H and O–H groups in total. The molecule has 7 heteroatoms. The Kier molecular flexibility index (Phi) is 8.65. The predicted octanol–water partition coefficient (Wildman–Crippen LogP) is 6.59. The van der Waals surface area contributed by atoms with Crippen LogP contribution in [0.4, 0.5) is 0 Å². The number of oxime groups is 1. The highest BCUT2D eigenvalue weighted by molar-refractivity contribution is 9.10. The monoisotopic (exact) mass is 582 g/mol. The Morgan fingerprint density at radius 2 is 1.92 bits per heavy atom. The van der Waals surface area contributed by atoms with Crippen molar-refractivity contribution in [1.82, 2.24) is 5.32 Å². The number of carbonyl (C=O) groups excluding carboxylic acids is 1.